The zero-order valence-electron chi connectivity index (χ0n) is 10.8. The summed E-state index contributed by atoms with van der Waals surface area (Å²) in [5, 5.41) is 0. The van der Waals surface area contributed by atoms with Gasteiger partial charge < -0.3 is 4.74 Å². The van der Waals surface area contributed by atoms with Gasteiger partial charge in [0.25, 0.3) is 0 Å². The lowest BCUT2D eigenvalue weighted by atomic mass is 10.1. The van der Waals surface area contributed by atoms with Crippen molar-refractivity contribution >= 4 is 28.4 Å². The van der Waals surface area contributed by atoms with E-state index in [0.29, 0.717) is 23.6 Å². The van der Waals surface area contributed by atoms with Crippen LogP contribution < -0.4 is 4.74 Å². The summed E-state index contributed by atoms with van der Waals surface area (Å²) in [6.07, 6.45) is 1.72. The van der Waals surface area contributed by atoms with E-state index in [2.05, 4.69) is 27.6 Å². The smallest absolute Gasteiger partial charge is 0.165 e. The van der Waals surface area contributed by atoms with E-state index in [0.717, 1.165) is 9.13 Å². The van der Waals surface area contributed by atoms with Crippen LogP contribution in [-0.2, 0) is 6.61 Å². The molecule has 0 saturated carbocycles. The summed E-state index contributed by atoms with van der Waals surface area (Å²) < 4.78 is 6.68. The highest BCUT2D eigenvalue weighted by Gasteiger charge is 2.16. The van der Waals surface area contributed by atoms with Crippen molar-refractivity contribution in [1.29, 1.82) is 0 Å². The Bertz CT molecular complexity index is 597. The Kier molecular flexibility index (Phi) is 4.52. The summed E-state index contributed by atoms with van der Waals surface area (Å²) in [6.45, 7) is 3.80. The number of carbonyl (C=O) groups excluding carboxylic acids is 1. The number of Topliss-reactive ketones (excluding diaryl/α,β-unsaturated/α-hetero) is 1. The Morgan fingerprint density at radius 2 is 2.00 bits per heavy atom. The van der Waals surface area contributed by atoms with E-state index < -0.39 is 0 Å². The lowest BCUT2D eigenvalue weighted by Gasteiger charge is -2.13. The molecule has 0 saturated heterocycles. The summed E-state index contributed by atoms with van der Waals surface area (Å²) in [5.74, 6) is 0.607. The van der Waals surface area contributed by atoms with Gasteiger partial charge in [-0.1, -0.05) is 30.3 Å². The quantitative estimate of drug-likeness (QED) is 0.610. The van der Waals surface area contributed by atoms with Crippen LogP contribution in [0.1, 0.15) is 28.5 Å². The second-order valence-corrected chi connectivity index (χ2v) is 5.39. The highest BCUT2D eigenvalue weighted by atomic mass is 127. The normalized spacial score (nSPS) is 10.3. The lowest BCUT2D eigenvalue weighted by Crippen LogP contribution is -2.07. The molecule has 0 unspecified atom stereocenters. The molecule has 0 atom stereocenters. The third kappa shape index (κ3) is 3.32. The maximum absolute atomic E-state index is 11.7. The molecule has 0 radical (unpaired) electrons. The predicted octanol–water partition coefficient (Wildman–Crippen LogP) is 3.78. The summed E-state index contributed by atoms with van der Waals surface area (Å²) >= 11 is 2.14. The first-order valence-electron chi connectivity index (χ1n) is 5.92. The molecular formula is C15H14INO2. The number of aromatic nitrogens is 1. The van der Waals surface area contributed by atoms with Gasteiger partial charge in [-0.15, -0.1) is 0 Å². The van der Waals surface area contributed by atoms with E-state index >= 15 is 0 Å². The number of hydrogen-bond donors (Lipinski definition) is 0. The number of ketones is 1. The summed E-state index contributed by atoms with van der Waals surface area (Å²) in [7, 11) is 0. The van der Waals surface area contributed by atoms with Gasteiger partial charge in [-0.05, 0) is 42.0 Å². The summed E-state index contributed by atoms with van der Waals surface area (Å²) in [4.78, 5) is 15.9. The van der Waals surface area contributed by atoms with E-state index in [1.807, 2.05) is 37.3 Å². The molecule has 0 spiro atoms. The highest BCUT2D eigenvalue weighted by Crippen LogP contribution is 2.28. The van der Waals surface area contributed by atoms with Gasteiger partial charge in [0.1, 0.15) is 12.4 Å². The number of benzene rings is 1. The molecule has 4 heteroatoms. The molecule has 19 heavy (non-hydrogen) atoms. The fourth-order valence-electron chi connectivity index (χ4n) is 1.85. The van der Waals surface area contributed by atoms with Crippen LogP contribution in [0.5, 0.6) is 5.75 Å². The van der Waals surface area contributed by atoms with Crippen molar-refractivity contribution in [3.8, 4) is 5.75 Å². The molecule has 0 aliphatic heterocycles. The zero-order valence-corrected chi connectivity index (χ0v) is 13.0. The van der Waals surface area contributed by atoms with Gasteiger partial charge in [0, 0.05) is 6.20 Å². The van der Waals surface area contributed by atoms with E-state index in [9.17, 15) is 4.79 Å². The van der Waals surface area contributed by atoms with Crippen LogP contribution >= 0.6 is 22.6 Å². The van der Waals surface area contributed by atoms with Crippen molar-refractivity contribution in [3.05, 3.63) is 56.9 Å². The maximum Gasteiger partial charge on any atom is 0.165 e. The standard InChI is InChI=1S/C15H14INO2/c1-10-14(11(2)18)15(13(16)8-17-10)19-9-12-6-4-3-5-7-12/h3-8H,9H2,1-2H3. The van der Waals surface area contributed by atoms with Crippen LogP contribution in [-0.4, -0.2) is 10.8 Å². The second-order valence-electron chi connectivity index (χ2n) is 4.23. The monoisotopic (exact) mass is 367 g/mol. The molecule has 98 valence electrons. The average molecular weight is 367 g/mol. The van der Waals surface area contributed by atoms with Crippen LogP contribution in [0.15, 0.2) is 36.5 Å². The first-order valence-corrected chi connectivity index (χ1v) is 7.00. The molecular weight excluding hydrogens is 353 g/mol. The number of carbonyl (C=O) groups is 1. The Labute approximate surface area is 126 Å². The molecule has 0 aliphatic rings. The van der Waals surface area contributed by atoms with E-state index in [4.69, 9.17) is 4.74 Å². The van der Waals surface area contributed by atoms with Gasteiger partial charge in [0.15, 0.2) is 5.78 Å². The number of rotatable bonds is 4. The van der Waals surface area contributed by atoms with Gasteiger partial charge in [-0.3, -0.25) is 9.78 Å². The minimum absolute atomic E-state index is 0.0217. The van der Waals surface area contributed by atoms with Crippen LogP contribution in [0, 0.1) is 10.5 Å². The average Bonchev–Trinajstić information content (AvgIpc) is 2.40. The number of pyridine rings is 1. The van der Waals surface area contributed by atoms with Gasteiger partial charge >= 0.3 is 0 Å². The molecule has 0 bridgehead atoms. The van der Waals surface area contributed by atoms with Gasteiger partial charge in [0.2, 0.25) is 0 Å². The minimum atomic E-state index is -0.0217. The minimum Gasteiger partial charge on any atom is -0.487 e. The number of ether oxygens (including phenoxy) is 1. The lowest BCUT2D eigenvalue weighted by molar-refractivity contribution is 0.101. The highest BCUT2D eigenvalue weighted by molar-refractivity contribution is 14.1. The van der Waals surface area contributed by atoms with Crippen molar-refractivity contribution in [3.63, 3.8) is 0 Å². The van der Waals surface area contributed by atoms with Crippen molar-refractivity contribution in [2.45, 2.75) is 20.5 Å². The number of nitrogens with zero attached hydrogens (tertiary/aromatic N) is 1. The second kappa shape index (κ2) is 6.14. The van der Waals surface area contributed by atoms with E-state index in [1.165, 1.54) is 6.92 Å². The molecule has 0 amide bonds. The Morgan fingerprint density at radius 1 is 1.32 bits per heavy atom. The molecule has 1 aromatic carbocycles. The molecule has 0 aliphatic carbocycles. The topological polar surface area (TPSA) is 39.2 Å². The third-order valence-electron chi connectivity index (χ3n) is 2.76. The van der Waals surface area contributed by atoms with Gasteiger partial charge in [0.05, 0.1) is 14.8 Å². The van der Waals surface area contributed by atoms with E-state index in [-0.39, 0.29) is 5.78 Å². The number of hydrogen-bond acceptors (Lipinski definition) is 3. The molecule has 1 heterocycles. The van der Waals surface area contributed by atoms with E-state index in [1.54, 1.807) is 6.20 Å². The Balaban J connectivity index is 2.29. The summed E-state index contributed by atoms with van der Waals surface area (Å²) in [6, 6.07) is 9.88. The molecule has 1 aromatic heterocycles. The van der Waals surface area contributed by atoms with Crippen molar-refractivity contribution < 1.29 is 9.53 Å². The Hall–Kier alpha value is -1.43. The number of halogens is 1. The predicted molar refractivity (Wildman–Crippen MR) is 82.5 cm³/mol. The first kappa shape index (κ1) is 14.0. The van der Waals surface area contributed by atoms with Gasteiger partial charge in [-0.2, -0.15) is 0 Å². The maximum atomic E-state index is 11.7. The largest absolute Gasteiger partial charge is 0.487 e. The van der Waals surface area contributed by atoms with Crippen molar-refractivity contribution in [2.75, 3.05) is 0 Å². The zero-order chi connectivity index (χ0) is 13.8. The molecule has 3 nitrogen and oxygen atoms in total. The first-order chi connectivity index (χ1) is 9.09. The molecule has 0 N–H and O–H groups in total. The van der Waals surface area contributed by atoms with Crippen LogP contribution in [0.25, 0.3) is 0 Å². The molecule has 2 aromatic rings. The summed E-state index contributed by atoms with van der Waals surface area (Å²) in [5.41, 5.74) is 2.35. The SMILES string of the molecule is CC(=O)c1c(C)ncc(I)c1OCc1ccccc1. The van der Waals surface area contributed by atoms with Crippen LogP contribution in [0.4, 0.5) is 0 Å². The van der Waals surface area contributed by atoms with Crippen molar-refractivity contribution in [1.82, 2.24) is 4.98 Å². The van der Waals surface area contributed by atoms with Crippen LogP contribution in [0.2, 0.25) is 0 Å². The number of aryl methyl sites for hydroxylation is 1. The van der Waals surface area contributed by atoms with Crippen LogP contribution in [0.3, 0.4) is 0 Å². The van der Waals surface area contributed by atoms with Gasteiger partial charge in [-0.25, -0.2) is 0 Å². The molecule has 2 rings (SSSR count). The Morgan fingerprint density at radius 3 is 2.63 bits per heavy atom. The third-order valence-corrected chi connectivity index (χ3v) is 3.52. The molecule has 0 fully saturated rings. The fourth-order valence-corrected chi connectivity index (χ4v) is 2.41. The fraction of sp³-hybridized carbons (Fsp3) is 0.200. The van der Waals surface area contributed by atoms with Crippen molar-refractivity contribution in [2.24, 2.45) is 0 Å².